The molecule has 4 heterocycles. The normalized spacial score (nSPS) is 21.2. The van der Waals surface area contributed by atoms with Gasteiger partial charge in [-0.3, -0.25) is 4.40 Å². The first-order chi connectivity index (χ1) is 16.7. The maximum Gasteiger partial charge on any atom is 0.223 e. The van der Waals surface area contributed by atoms with Crippen LogP contribution in [0.1, 0.15) is 38.5 Å². The Bertz CT molecular complexity index is 1270. The van der Waals surface area contributed by atoms with E-state index in [4.69, 9.17) is 0 Å². The van der Waals surface area contributed by atoms with E-state index in [0.717, 1.165) is 29.6 Å². The molecule has 0 unspecified atom stereocenters. The molecule has 1 saturated heterocycles. The highest BCUT2D eigenvalue weighted by Crippen LogP contribution is 2.29. The Hall–Kier alpha value is -3.32. The third-order valence-corrected chi connectivity index (χ3v) is 7.29. The van der Waals surface area contributed by atoms with E-state index in [1.54, 1.807) is 6.20 Å². The van der Waals surface area contributed by atoms with Gasteiger partial charge in [0.2, 0.25) is 5.95 Å². The van der Waals surface area contributed by atoms with Crippen molar-refractivity contribution < 1.29 is 4.39 Å². The Kier molecular flexibility index (Phi) is 5.71. The number of likely N-dealkylation sites (tertiary alicyclic amines) is 1. The van der Waals surface area contributed by atoms with Gasteiger partial charge < -0.3 is 10.2 Å². The smallest absolute Gasteiger partial charge is 0.223 e. The molecule has 0 amide bonds. The van der Waals surface area contributed by atoms with Gasteiger partial charge in [0.05, 0.1) is 18.1 Å². The molecule has 0 bridgehead atoms. The average molecular weight is 457 g/mol. The van der Waals surface area contributed by atoms with E-state index >= 15 is 0 Å². The van der Waals surface area contributed by atoms with Crippen LogP contribution in [0.25, 0.3) is 28.2 Å². The Morgan fingerprint density at radius 2 is 1.65 bits per heavy atom. The molecule has 6 nitrogen and oxygen atoms in total. The first kappa shape index (κ1) is 21.2. The van der Waals surface area contributed by atoms with Crippen molar-refractivity contribution in [2.24, 2.45) is 0 Å². The molecule has 1 saturated carbocycles. The second kappa shape index (κ2) is 9.14. The molecule has 174 valence electrons. The maximum absolute atomic E-state index is 14.9. The van der Waals surface area contributed by atoms with Crippen molar-refractivity contribution in [3.8, 4) is 22.5 Å². The van der Waals surface area contributed by atoms with E-state index in [9.17, 15) is 4.39 Å². The van der Waals surface area contributed by atoms with Crippen LogP contribution in [0.3, 0.4) is 0 Å². The standard InChI is InChI=1S/C27H29FN6/c28-23-16-30-27(31-21-9-11-22(12-10-21)33-14-4-5-15-33)32-26(23)24-17-29-25-13-8-20(18-34(24)25)19-6-2-1-3-7-19/h1-3,6-8,13,16-18,21-22H,4-5,9-12,14-15H2,(H,30,31,32). The van der Waals surface area contributed by atoms with Gasteiger partial charge in [-0.2, -0.15) is 0 Å². The zero-order chi connectivity index (χ0) is 22.9. The summed E-state index contributed by atoms with van der Waals surface area (Å²) in [7, 11) is 0. The first-order valence-electron chi connectivity index (χ1n) is 12.3. The van der Waals surface area contributed by atoms with E-state index in [1.807, 2.05) is 40.9 Å². The number of nitrogens with one attached hydrogen (secondary N) is 1. The van der Waals surface area contributed by atoms with E-state index in [-0.39, 0.29) is 5.69 Å². The molecule has 2 fully saturated rings. The van der Waals surface area contributed by atoms with Crippen LogP contribution in [-0.4, -0.2) is 49.4 Å². The van der Waals surface area contributed by atoms with E-state index in [2.05, 4.69) is 37.3 Å². The van der Waals surface area contributed by atoms with Crippen LogP contribution in [0, 0.1) is 5.82 Å². The molecular weight excluding hydrogens is 427 g/mol. The summed E-state index contributed by atoms with van der Waals surface area (Å²) in [4.78, 5) is 16.0. The number of aromatic nitrogens is 4. The topological polar surface area (TPSA) is 58.4 Å². The SMILES string of the molecule is Fc1cnc(NC2CCC(N3CCCC3)CC2)nc1-c1cnc2ccc(-c3ccccc3)cn12. The zero-order valence-corrected chi connectivity index (χ0v) is 19.2. The minimum Gasteiger partial charge on any atom is -0.351 e. The Balaban J connectivity index is 1.23. The molecule has 7 heteroatoms. The zero-order valence-electron chi connectivity index (χ0n) is 19.2. The molecule has 0 atom stereocenters. The van der Waals surface area contributed by atoms with Gasteiger partial charge in [-0.05, 0) is 74.9 Å². The fourth-order valence-corrected chi connectivity index (χ4v) is 5.45. The van der Waals surface area contributed by atoms with Gasteiger partial charge in [0.1, 0.15) is 11.3 Å². The minimum absolute atomic E-state index is 0.265. The van der Waals surface area contributed by atoms with Crippen molar-refractivity contribution >= 4 is 11.6 Å². The first-order valence-corrected chi connectivity index (χ1v) is 12.3. The fourth-order valence-electron chi connectivity index (χ4n) is 5.45. The van der Waals surface area contributed by atoms with Crippen molar-refractivity contribution in [1.29, 1.82) is 0 Å². The van der Waals surface area contributed by atoms with Gasteiger partial charge in [0.25, 0.3) is 0 Å². The minimum atomic E-state index is -0.449. The Morgan fingerprint density at radius 3 is 2.44 bits per heavy atom. The third-order valence-electron chi connectivity index (χ3n) is 7.29. The fraction of sp³-hybridized carbons (Fsp3) is 0.370. The van der Waals surface area contributed by atoms with E-state index < -0.39 is 5.82 Å². The Morgan fingerprint density at radius 1 is 0.853 bits per heavy atom. The number of anilines is 1. The number of benzene rings is 1. The third kappa shape index (κ3) is 4.16. The van der Waals surface area contributed by atoms with E-state index in [0.29, 0.717) is 23.7 Å². The molecule has 1 aliphatic heterocycles. The van der Waals surface area contributed by atoms with E-state index in [1.165, 1.54) is 45.0 Å². The van der Waals surface area contributed by atoms with Crippen LogP contribution in [-0.2, 0) is 0 Å². The maximum atomic E-state index is 14.9. The molecule has 3 aromatic heterocycles. The summed E-state index contributed by atoms with van der Waals surface area (Å²) >= 11 is 0. The molecule has 34 heavy (non-hydrogen) atoms. The van der Waals surface area contributed by atoms with Gasteiger partial charge in [0, 0.05) is 18.3 Å². The van der Waals surface area contributed by atoms with Crippen molar-refractivity contribution in [3.05, 3.63) is 66.9 Å². The van der Waals surface area contributed by atoms with Crippen LogP contribution >= 0.6 is 0 Å². The Labute approximate surface area is 198 Å². The number of hydrogen-bond donors (Lipinski definition) is 1. The predicted molar refractivity (Wildman–Crippen MR) is 132 cm³/mol. The number of rotatable bonds is 5. The van der Waals surface area contributed by atoms with Crippen LogP contribution in [0.15, 0.2) is 61.1 Å². The van der Waals surface area contributed by atoms with Gasteiger partial charge in [-0.25, -0.2) is 19.3 Å². The summed E-state index contributed by atoms with van der Waals surface area (Å²) in [6.07, 6.45) is 12.2. The summed E-state index contributed by atoms with van der Waals surface area (Å²) in [5.74, 6) is 0.0328. The number of halogens is 1. The summed E-state index contributed by atoms with van der Waals surface area (Å²) in [5.41, 5.74) is 3.77. The van der Waals surface area contributed by atoms with Crippen molar-refractivity contribution in [1.82, 2.24) is 24.3 Å². The molecule has 1 aromatic carbocycles. The lowest BCUT2D eigenvalue weighted by atomic mass is 9.90. The van der Waals surface area contributed by atoms with Gasteiger partial charge in [-0.15, -0.1) is 0 Å². The highest BCUT2D eigenvalue weighted by atomic mass is 19.1. The molecule has 2 aliphatic rings. The van der Waals surface area contributed by atoms with Gasteiger partial charge in [0.15, 0.2) is 5.82 Å². The summed E-state index contributed by atoms with van der Waals surface area (Å²) in [6, 6.07) is 15.1. The van der Waals surface area contributed by atoms with Crippen molar-refractivity contribution in [2.75, 3.05) is 18.4 Å². The second-order valence-corrected chi connectivity index (χ2v) is 9.44. The average Bonchev–Trinajstić information content (AvgIpc) is 3.56. The quantitative estimate of drug-likeness (QED) is 0.435. The van der Waals surface area contributed by atoms with Crippen molar-refractivity contribution in [2.45, 2.75) is 50.6 Å². The second-order valence-electron chi connectivity index (χ2n) is 9.44. The summed E-state index contributed by atoms with van der Waals surface area (Å²) < 4.78 is 16.8. The summed E-state index contributed by atoms with van der Waals surface area (Å²) in [6.45, 7) is 2.50. The lowest BCUT2D eigenvalue weighted by Gasteiger charge is -2.34. The number of pyridine rings is 1. The molecule has 6 rings (SSSR count). The molecule has 1 aliphatic carbocycles. The number of nitrogens with zero attached hydrogens (tertiary/aromatic N) is 5. The number of fused-ring (bicyclic) bond motifs is 1. The van der Waals surface area contributed by atoms with Crippen LogP contribution in [0.4, 0.5) is 10.3 Å². The molecule has 4 aromatic rings. The van der Waals surface area contributed by atoms with Crippen LogP contribution in [0.2, 0.25) is 0 Å². The highest BCUT2D eigenvalue weighted by Gasteiger charge is 2.28. The highest BCUT2D eigenvalue weighted by molar-refractivity contribution is 5.68. The monoisotopic (exact) mass is 456 g/mol. The van der Waals surface area contributed by atoms with Crippen LogP contribution < -0.4 is 5.32 Å². The molecule has 0 radical (unpaired) electrons. The lowest BCUT2D eigenvalue weighted by molar-refractivity contribution is 0.186. The predicted octanol–water partition coefficient (Wildman–Crippen LogP) is 5.42. The van der Waals surface area contributed by atoms with Gasteiger partial charge in [-0.1, -0.05) is 30.3 Å². The summed E-state index contributed by atoms with van der Waals surface area (Å²) in [5, 5.41) is 3.47. The number of hydrogen-bond acceptors (Lipinski definition) is 5. The van der Waals surface area contributed by atoms with Crippen LogP contribution in [0.5, 0.6) is 0 Å². The molecule has 1 N–H and O–H groups in total. The van der Waals surface area contributed by atoms with Gasteiger partial charge >= 0.3 is 0 Å². The van der Waals surface area contributed by atoms with Crippen molar-refractivity contribution in [3.63, 3.8) is 0 Å². The molecular formula is C27H29FN6. The number of imidazole rings is 1. The largest absolute Gasteiger partial charge is 0.351 e. The lowest BCUT2D eigenvalue weighted by Crippen LogP contribution is -2.39. The molecule has 0 spiro atoms.